The normalized spacial score (nSPS) is 23.6. The summed E-state index contributed by atoms with van der Waals surface area (Å²) in [4.78, 5) is 4.59. The Bertz CT molecular complexity index is 422. The molecule has 0 bridgehead atoms. The van der Waals surface area contributed by atoms with Crippen molar-refractivity contribution in [1.29, 1.82) is 0 Å². The van der Waals surface area contributed by atoms with E-state index in [0.717, 1.165) is 25.0 Å². The van der Waals surface area contributed by atoms with Crippen LogP contribution in [0.3, 0.4) is 0 Å². The van der Waals surface area contributed by atoms with Gasteiger partial charge in [0.25, 0.3) is 0 Å². The summed E-state index contributed by atoms with van der Waals surface area (Å²) in [5, 5.41) is 0. The highest BCUT2D eigenvalue weighted by Gasteiger charge is 2.42. The van der Waals surface area contributed by atoms with E-state index >= 15 is 0 Å². The lowest BCUT2D eigenvalue weighted by atomic mass is 10.0. The molecule has 1 aromatic carbocycles. The van der Waals surface area contributed by atoms with Crippen LogP contribution in [0.1, 0.15) is 38.7 Å². The summed E-state index contributed by atoms with van der Waals surface area (Å²) in [6.07, 6.45) is 7.81. The molecule has 2 heteroatoms. The van der Waals surface area contributed by atoms with Gasteiger partial charge in [-0.1, -0.05) is 56.7 Å². The van der Waals surface area contributed by atoms with Crippen LogP contribution >= 0.6 is 0 Å². The van der Waals surface area contributed by atoms with Crippen molar-refractivity contribution in [1.82, 2.24) is 0 Å². The Hall–Kier alpha value is -1.41. The second-order valence-corrected chi connectivity index (χ2v) is 4.56. The third-order valence-corrected chi connectivity index (χ3v) is 3.05. The summed E-state index contributed by atoms with van der Waals surface area (Å²) >= 11 is 0. The monoisotopic (exact) mass is 243 g/mol. The molecule has 0 aromatic heterocycles. The largest absolute Gasteiger partial charge is 0.363 e. The SMILES string of the molecule is CC/C=C/N=C(c1ccccc1)C1OC1CCC. The van der Waals surface area contributed by atoms with Gasteiger partial charge in [-0.3, -0.25) is 4.99 Å². The molecule has 96 valence electrons. The lowest BCUT2D eigenvalue weighted by Gasteiger charge is -2.02. The second-order valence-electron chi connectivity index (χ2n) is 4.56. The molecule has 2 unspecified atom stereocenters. The number of rotatable bonds is 6. The number of nitrogens with zero attached hydrogens (tertiary/aromatic N) is 1. The summed E-state index contributed by atoms with van der Waals surface area (Å²) < 4.78 is 5.74. The number of benzene rings is 1. The molecular weight excluding hydrogens is 222 g/mol. The Labute approximate surface area is 109 Å². The first-order valence-electron chi connectivity index (χ1n) is 6.80. The fourth-order valence-corrected chi connectivity index (χ4v) is 2.05. The van der Waals surface area contributed by atoms with E-state index in [1.165, 1.54) is 5.56 Å². The maximum Gasteiger partial charge on any atom is 0.127 e. The van der Waals surface area contributed by atoms with Crippen LogP contribution < -0.4 is 0 Å². The minimum Gasteiger partial charge on any atom is -0.363 e. The highest BCUT2D eigenvalue weighted by Crippen LogP contribution is 2.30. The van der Waals surface area contributed by atoms with E-state index in [-0.39, 0.29) is 6.10 Å². The fraction of sp³-hybridized carbons (Fsp3) is 0.438. The van der Waals surface area contributed by atoms with Crippen LogP contribution in [0.15, 0.2) is 47.6 Å². The molecule has 1 heterocycles. The van der Waals surface area contributed by atoms with Crippen molar-refractivity contribution >= 4 is 5.71 Å². The van der Waals surface area contributed by atoms with Crippen molar-refractivity contribution in [3.05, 3.63) is 48.2 Å². The first-order valence-corrected chi connectivity index (χ1v) is 6.80. The first kappa shape index (κ1) is 13.0. The van der Waals surface area contributed by atoms with E-state index in [2.05, 4.69) is 37.0 Å². The highest BCUT2D eigenvalue weighted by molar-refractivity contribution is 6.05. The maximum absolute atomic E-state index is 5.74. The predicted octanol–water partition coefficient (Wildman–Crippen LogP) is 3.97. The van der Waals surface area contributed by atoms with Gasteiger partial charge in [0.15, 0.2) is 0 Å². The quantitative estimate of drug-likeness (QED) is 0.548. The van der Waals surface area contributed by atoms with E-state index in [1.54, 1.807) is 0 Å². The average Bonchev–Trinajstić information content (AvgIpc) is 3.15. The van der Waals surface area contributed by atoms with Crippen molar-refractivity contribution < 1.29 is 4.74 Å². The summed E-state index contributed by atoms with van der Waals surface area (Å²) in [5.74, 6) is 0. The minimum atomic E-state index is 0.189. The molecular formula is C16H21NO. The van der Waals surface area contributed by atoms with Gasteiger partial charge in [-0.15, -0.1) is 0 Å². The molecule has 0 aliphatic carbocycles. The van der Waals surface area contributed by atoms with Crippen molar-refractivity contribution in [2.24, 2.45) is 4.99 Å². The molecule has 1 saturated heterocycles. The van der Waals surface area contributed by atoms with Crippen molar-refractivity contribution in [2.45, 2.75) is 45.3 Å². The van der Waals surface area contributed by atoms with Gasteiger partial charge in [0, 0.05) is 6.20 Å². The Balaban J connectivity index is 2.15. The topological polar surface area (TPSA) is 24.9 Å². The molecule has 1 aromatic rings. The Kier molecular flexibility index (Phi) is 4.71. The Morgan fingerprint density at radius 3 is 2.72 bits per heavy atom. The maximum atomic E-state index is 5.74. The molecule has 2 rings (SSSR count). The number of allylic oxidation sites excluding steroid dienone is 1. The van der Waals surface area contributed by atoms with Crippen LogP contribution in [0.4, 0.5) is 0 Å². The van der Waals surface area contributed by atoms with Gasteiger partial charge in [-0.2, -0.15) is 0 Å². The molecule has 2 nitrogen and oxygen atoms in total. The zero-order valence-electron chi connectivity index (χ0n) is 11.2. The lowest BCUT2D eigenvalue weighted by molar-refractivity contribution is 0.383. The number of hydrogen-bond donors (Lipinski definition) is 0. The molecule has 2 atom stereocenters. The van der Waals surface area contributed by atoms with E-state index in [0.29, 0.717) is 6.10 Å². The van der Waals surface area contributed by atoms with Crippen molar-refractivity contribution in [3.63, 3.8) is 0 Å². The van der Waals surface area contributed by atoms with Gasteiger partial charge in [-0.25, -0.2) is 0 Å². The van der Waals surface area contributed by atoms with E-state index in [1.807, 2.05) is 24.4 Å². The van der Waals surface area contributed by atoms with E-state index in [9.17, 15) is 0 Å². The smallest absolute Gasteiger partial charge is 0.127 e. The van der Waals surface area contributed by atoms with Crippen LogP contribution in [0, 0.1) is 0 Å². The number of aliphatic imine (C=N–C) groups is 1. The van der Waals surface area contributed by atoms with Gasteiger partial charge >= 0.3 is 0 Å². The van der Waals surface area contributed by atoms with Crippen LogP contribution in [-0.2, 0) is 4.74 Å². The summed E-state index contributed by atoms with van der Waals surface area (Å²) in [5.41, 5.74) is 2.24. The molecule has 0 N–H and O–H groups in total. The Morgan fingerprint density at radius 2 is 2.06 bits per heavy atom. The van der Waals surface area contributed by atoms with Crippen LogP contribution in [0.2, 0.25) is 0 Å². The standard InChI is InChI=1S/C16H21NO/c1-3-5-12-17-15(13-10-7-6-8-11-13)16-14(18-16)9-4-2/h5-8,10-12,14,16H,3-4,9H2,1-2H3/b12-5+,17-15?. The summed E-state index contributed by atoms with van der Waals surface area (Å²) in [6.45, 7) is 4.30. The highest BCUT2D eigenvalue weighted by atomic mass is 16.6. The number of hydrogen-bond acceptors (Lipinski definition) is 2. The van der Waals surface area contributed by atoms with Crippen LogP contribution in [0.5, 0.6) is 0 Å². The molecule has 1 aliphatic heterocycles. The van der Waals surface area contributed by atoms with Crippen LogP contribution in [0.25, 0.3) is 0 Å². The molecule has 1 fully saturated rings. The Morgan fingerprint density at radius 1 is 1.28 bits per heavy atom. The molecule has 0 radical (unpaired) electrons. The van der Waals surface area contributed by atoms with Gasteiger partial charge < -0.3 is 4.74 Å². The van der Waals surface area contributed by atoms with Crippen molar-refractivity contribution in [3.8, 4) is 0 Å². The molecule has 0 spiro atoms. The van der Waals surface area contributed by atoms with Crippen LogP contribution in [-0.4, -0.2) is 17.9 Å². The first-order chi connectivity index (χ1) is 8.86. The number of ether oxygens (including phenoxy) is 1. The summed E-state index contributed by atoms with van der Waals surface area (Å²) in [7, 11) is 0. The number of epoxide rings is 1. The van der Waals surface area contributed by atoms with Gasteiger partial charge in [0.2, 0.25) is 0 Å². The molecule has 0 amide bonds. The van der Waals surface area contributed by atoms with E-state index < -0.39 is 0 Å². The minimum absolute atomic E-state index is 0.189. The predicted molar refractivity (Wildman–Crippen MR) is 76.0 cm³/mol. The zero-order valence-corrected chi connectivity index (χ0v) is 11.2. The zero-order chi connectivity index (χ0) is 12.8. The second kappa shape index (κ2) is 6.50. The van der Waals surface area contributed by atoms with Gasteiger partial charge in [-0.05, 0) is 18.4 Å². The van der Waals surface area contributed by atoms with Crippen molar-refractivity contribution in [2.75, 3.05) is 0 Å². The van der Waals surface area contributed by atoms with Gasteiger partial charge in [0.1, 0.15) is 6.10 Å². The third-order valence-electron chi connectivity index (χ3n) is 3.05. The molecule has 18 heavy (non-hydrogen) atoms. The van der Waals surface area contributed by atoms with Gasteiger partial charge in [0.05, 0.1) is 11.8 Å². The lowest BCUT2D eigenvalue weighted by Crippen LogP contribution is -2.11. The molecule has 0 saturated carbocycles. The third kappa shape index (κ3) is 3.30. The fourth-order valence-electron chi connectivity index (χ4n) is 2.05. The average molecular weight is 243 g/mol. The summed E-state index contributed by atoms with van der Waals surface area (Å²) in [6, 6.07) is 10.3. The molecule has 1 aliphatic rings. The van der Waals surface area contributed by atoms with E-state index in [4.69, 9.17) is 4.74 Å².